The van der Waals surface area contributed by atoms with Crippen molar-refractivity contribution in [3.63, 3.8) is 0 Å². The molecule has 4 rings (SSSR count). The van der Waals surface area contributed by atoms with Gasteiger partial charge in [0.1, 0.15) is 11.3 Å². The lowest BCUT2D eigenvalue weighted by Crippen LogP contribution is -2.29. The topological polar surface area (TPSA) is 59.8 Å². The van der Waals surface area contributed by atoms with Crippen molar-refractivity contribution >= 4 is 16.9 Å². The van der Waals surface area contributed by atoms with Crippen molar-refractivity contribution in [1.29, 1.82) is 0 Å². The van der Waals surface area contributed by atoms with Crippen molar-refractivity contribution in [1.82, 2.24) is 4.90 Å². The first kappa shape index (κ1) is 15.4. The summed E-state index contributed by atoms with van der Waals surface area (Å²) >= 11 is 0. The third-order valence-electron chi connectivity index (χ3n) is 4.65. The standard InChI is InChI=1S/C20H17NO4/c1-3-21-17(12-8-10-13(24-2)11-9-12)16-18(22)14-6-4-5-7-15(14)25-19(16)20(21)23/h4-11,17H,3H2,1-2H3/t17-/m1/s1. The Morgan fingerprint density at radius 1 is 1.08 bits per heavy atom. The number of amides is 1. The van der Waals surface area contributed by atoms with Crippen LogP contribution in [0, 0.1) is 0 Å². The number of hydrogen-bond donors (Lipinski definition) is 0. The summed E-state index contributed by atoms with van der Waals surface area (Å²) in [6, 6.07) is 14.0. The second kappa shape index (κ2) is 5.77. The van der Waals surface area contributed by atoms with Gasteiger partial charge in [0.2, 0.25) is 5.76 Å². The Labute approximate surface area is 144 Å². The molecule has 0 saturated carbocycles. The number of ether oxygens (including phenoxy) is 1. The van der Waals surface area contributed by atoms with E-state index in [1.165, 1.54) is 0 Å². The summed E-state index contributed by atoms with van der Waals surface area (Å²) in [7, 11) is 1.60. The van der Waals surface area contributed by atoms with Gasteiger partial charge in [0, 0.05) is 6.54 Å². The quantitative estimate of drug-likeness (QED) is 0.736. The summed E-state index contributed by atoms with van der Waals surface area (Å²) in [6.45, 7) is 2.38. The van der Waals surface area contributed by atoms with Gasteiger partial charge in [0.05, 0.1) is 24.1 Å². The van der Waals surface area contributed by atoms with Crippen molar-refractivity contribution in [2.24, 2.45) is 0 Å². The molecule has 1 aliphatic heterocycles. The fourth-order valence-corrected chi connectivity index (χ4v) is 3.43. The third kappa shape index (κ3) is 2.23. The van der Waals surface area contributed by atoms with Gasteiger partial charge in [-0.05, 0) is 36.8 Å². The van der Waals surface area contributed by atoms with Crippen molar-refractivity contribution in [3.05, 3.63) is 75.6 Å². The van der Waals surface area contributed by atoms with Gasteiger partial charge in [0.15, 0.2) is 5.43 Å². The molecular formula is C20H17NO4. The molecule has 1 amide bonds. The zero-order valence-electron chi connectivity index (χ0n) is 14.0. The summed E-state index contributed by atoms with van der Waals surface area (Å²) in [4.78, 5) is 27.5. The van der Waals surface area contributed by atoms with Crippen LogP contribution in [0.4, 0.5) is 0 Å². The molecular weight excluding hydrogens is 318 g/mol. The van der Waals surface area contributed by atoms with Gasteiger partial charge in [-0.25, -0.2) is 0 Å². The minimum absolute atomic E-state index is 0.145. The highest BCUT2D eigenvalue weighted by Gasteiger charge is 2.41. The second-order valence-electron chi connectivity index (χ2n) is 5.94. The van der Waals surface area contributed by atoms with Crippen LogP contribution >= 0.6 is 0 Å². The molecule has 1 aromatic heterocycles. The minimum Gasteiger partial charge on any atom is -0.497 e. The first-order valence-electron chi connectivity index (χ1n) is 8.16. The molecule has 2 heterocycles. The Bertz CT molecular complexity index is 1020. The van der Waals surface area contributed by atoms with Crippen molar-refractivity contribution in [3.8, 4) is 5.75 Å². The van der Waals surface area contributed by atoms with Crippen LogP contribution in [0.5, 0.6) is 5.75 Å². The Morgan fingerprint density at radius 3 is 2.48 bits per heavy atom. The van der Waals surface area contributed by atoms with E-state index >= 15 is 0 Å². The molecule has 0 saturated heterocycles. The zero-order valence-corrected chi connectivity index (χ0v) is 14.0. The molecule has 126 valence electrons. The van der Waals surface area contributed by atoms with Crippen LogP contribution in [0.1, 0.15) is 34.6 Å². The normalized spacial score (nSPS) is 16.3. The summed E-state index contributed by atoms with van der Waals surface area (Å²) in [6.07, 6.45) is 0. The average Bonchev–Trinajstić information content (AvgIpc) is 2.94. The van der Waals surface area contributed by atoms with E-state index in [1.807, 2.05) is 31.2 Å². The number of para-hydroxylation sites is 1. The van der Waals surface area contributed by atoms with Crippen molar-refractivity contribution in [2.75, 3.05) is 13.7 Å². The molecule has 3 aromatic rings. The number of rotatable bonds is 3. The second-order valence-corrected chi connectivity index (χ2v) is 5.94. The van der Waals surface area contributed by atoms with Crippen LogP contribution in [0.3, 0.4) is 0 Å². The van der Waals surface area contributed by atoms with Crippen LogP contribution in [-0.2, 0) is 0 Å². The number of hydrogen-bond acceptors (Lipinski definition) is 4. The zero-order chi connectivity index (χ0) is 17.6. The van der Waals surface area contributed by atoms with E-state index in [4.69, 9.17) is 9.15 Å². The van der Waals surface area contributed by atoms with E-state index in [1.54, 1.807) is 36.3 Å². The van der Waals surface area contributed by atoms with E-state index in [0.29, 0.717) is 23.1 Å². The molecule has 2 aromatic carbocycles. The van der Waals surface area contributed by atoms with Gasteiger partial charge in [-0.1, -0.05) is 24.3 Å². The molecule has 0 spiro atoms. The fraction of sp³-hybridized carbons (Fsp3) is 0.200. The minimum atomic E-state index is -0.445. The Balaban J connectivity index is 1.98. The monoisotopic (exact) mass is 335 g/mol. The maximum atomic E-state index is 13.1. The van der Waals surface area contributed by atoms with Gasteiger partial charge in [-0.15, -0.1) is 0 Å². The lowest BCUT2D eigenvalue weighted by Gasteiger charge is -2.23. The van der Waals surface area contributed by atoms with E-state index in [-0.39, 0.29) is 17.1 Å². The lowest BCUT2D eigenvalue weighted by atomic mass is 9.98. The van der Waals surface area contributed by atoms with Gasteiger partial charge in [-0.2, -0.15) is 0 Å². The molecule has 25 heavy (non-hydrogen) atoms. The van der Waals surface area contributed by atoms with Crippen LogP contribution in [0.25, 0.3) is 11.0 Å². The summed E-state index contributed by atoms with van der Waals surface area (Å²) < 4.78 is 11.0. The molecule has 0 aliphatic carbocycles. The molecule has 5 nitrogen and oxygen atoms in total. The Hall–Kier alpha value is -3.08. The van der Waals surface area contributed by atoms with E-state index in [0.717, 1.165) is 11.3 Å². The largest absolute Gasteiger partial charge is 0.497 e. The molecule has 1 aliphatic rings. The maximum absolute atomic E-state index is 13.1. The number of carbonyl (C=O) groups excluding carboxylic acids is 1. The number of fused-ring (bicyclic) bond motifs is 2. The van der Waals surface area contributed by atoms with Gasteiger partial charge < -0.3 is 14.1 Å². The predicted octanol–water partition coefficient (Wildman–Crippen LogP) is 3.37. The van der Waals surface area contributed by atoms with E-state index < -0.39 is 6.04 Å². The molecule has 0 radical (unpaired) electrons. The maximum Gasteiger partial charge on any atom is 0.290 e. The van der Waals surface area contributed by atoms with Crippen molar-refractivity contribution in [2.45, 2.75) is 13.0 Å². The average molecular weight is 335 g/mol. The van der Waals surface area contributed by atoms with Gasteiger partial charge >= 0.3 is 0 Å². The van der Waals surface area contributed by atoms with Gasteiger partial charge in [-0.3, -0.25) is 9.59 Å². The Kier molecular flexibility index (Phi) is 3.57. The number of benzene rings is 2. The smallest absolute Gasteiger partial charge is 0.290 e. The third-order valence-corrected chi connectivity index (χ3v) is 4.65. The molecule has 0 bridgehead atoms. The SMILES string of the molecule is CCN1C(=O)c2oc3ccccc3c(=O)c2[C@H]1c1ccc(OC)cc1. The molecule has 0 N–H and O–H groups in total. The van der Waals surface area contributed by atoms with Crippen LogP contribution < -0.4 is 10.2 Å². The predicted molar refractivity (Wildman–Crippen MR) is 94.0 cm³/mol. The lowest BCUT2D eigenvalue weighted by molar-refractivity contribution is 0.0738. The first-order chi connectivity index (χ1) is 12.2. The number of carbonyl (C=O) groups is 1. The molecule has 5 heteroatoms. The molecule has 1 atom stereocenters. The van der Waals surface area contributed by atoms with Crippen LogP contribution in [-0.4, -0.2) is 24.5 Å². The number of methoxy groups -OCH3 is 1. The highest BCUT2D eigenvalue weighted by molar-refractivity contribution is 5.99. The molecule has 0 fully saturated rings. The van der Waals surface area contributed by atoms with E-state index in [9.17, 15) is 9.59 Å². The highest BCUT2D eigenvalue weighted by atomic mass is 16.5. The summed E-state index contributed by atoms with van der Waals surface area (Å²) in [5.41, 5.74) is 1.56. The highest BCUT2D eigenvalue weighted by Crippen LogP contribution is 2.38. The first-order valence-corrected chi connectivity index (χ1v) is 8.16. The molecule has 0 unspecified atom stereocenters. The summed E-state index contributed by atoms with van der Waals surface area (Å²) in [5, 5.41) is 0.491. The van der Waals surface area contributed by atoms with Crippen LogP contribution in [0.2, 0.25) is 0 Å². The van der Waals surface area contributed by atoms with Gasteiger partial charge in [0.25, 0.3) is 5.91 Å². The van der Waals surface area contributed by atoms with E-state index in [2.05, 4.69) is 0 Å². The van der Waals surface area contributed by atoms with Crippen molar-refractivity contribution < 1.29 is 13.9 Å². The number of nitrogens with zero attached hydrogens (tertiary/aromatic N) is 1. The summed E-state index contributed by atoms with van der Waals surface area (Å²) in [5.74, 6) is 0.620. The Morgan fingerprint density at radius 2 is 1.80 bits per heavy atom. The van der Waals surface area contributed by atoms with Crippen LogP contribution in [0.15, 0.2) is 57.7 Å². The fourth-order valence-electron chi connectivity index (χ4n) is 3.43.